The summed E-state index contributed by atoms with van der Waals surface area (Å²) >= 11 is 0. The summed E-state index contributed by atoms with van der Waals surface area (Å²) in [6.07, 6.45) is 4.30. The van der Waals surface area contributed by atoms with Gasteiger partial charge in [0.25, 0.3) is 5.91 Å². The molecule has 0 aliphatic carbocycles. The summed E-state index contributed by atoms with van der Waals surface area (Å²) in [5.41, 5.74) is 0. The van der Waals surface area contributed by atoms with E-state index >= 15 is 0 Å². The smallest absolute Gasteiger partial charge is 0.257 e. The highest BCUT2D eigenvalue weighted by atomic mass is 32.2. The van der Waals surface area contributed by atoms with E-state index in [1.54, 1.807) is 49.7 Å². The summed E-state index contributed by atoms with van der Waals surface area (Å²) in [5, 5.41) is 2.86. The van der Waals surface area contributed by atoms with Crippen LogP contribution >= 0.6 is 0 Å². The van der Waals surface area contributed by atoms with E-state index in [1.807, 2.05) is 0 Å². The summed E-state index contributed by atoms with van der Waals surface area (Å²) < 4.78 is 37.2. The van der Waals surface area contributed by atoms with E-state index < -0.39 is 10.0 Å². The SMILES string of the molecule is COc1ccc(OCC(=O)NCC2CCN(S(=O)(=O)c3cccnc3)CC2)cc1. The quantitative estimate of drug-likeness (QED) is 0.699. The monoisotopic (exact) mass is 419 g/mol. The lowest BCUT2D eigenvalue weighted by atomic mass is 9.98. The molecule has 156 valence electrons. The van der Waals surface area contributed by atoms with Gasteiger partial charge in [0.2, 0.25) is 10.0 Å². The summed E-state index contributed by atoms with van der Waals surface area (Å²) in [4.78, 5) is 16.1. The summed E-state index contributed by atoms with van der Waals surface area (Å²) in [5.74, 6) is 1.35. The normalized spacial score (nSPS) is 15.6. The first kappa shape index (κ1) is 21.1. The number of methoxy groups -OCH3 is 1. The van der Waals surface area contributed by atoms with Gasteiger partial charge in [-0.05, 0) is 55.2 Å². The first-order chi connectivity index (χ1) is 14.0. The zero-order valence-corrected chi connectivity index (χ0v) is 17.1. The van der Waals surface area contributed by atoms with Crippen LogP contribution in [0.25, 0.3) is 0 Å². The molecule has 2 aromatic rings. The highest BCUT2D eigenvalue weighted by Gasteiger charge is 2.29. The topological polar surface area (TPSA) is 97.8 Å². The Labute approximate surface area is 170 Å². The second kappa shape index (κ2) is 9.71. The van der Waals surface area contributed by atoms with Gasteiger partial charge in [0.15, 0.2) is 6.61 Å². The van der Waals surface area contributed by atoms with E-state index in [-0.39, 0.29) is 23.3 Å². The predicted molar refractivity (Wildman–Crippen MR) is 107 cm³/mol. The molecule has 1 aliphatic rings. The molecule has 0 atom stereocenters. The number of amides is 1. The molecule has 3 rings (SSSR count). The second-order valence-corrected chi connectivity index (χ2v) is 8.74. The van der Waals surface area contributed by atoms with Gasteiger partial charge in [-0.1, -0.05) is 0 Å². The average Bonchev–Trinajstić information content (AvgIpc) is 2.77. The number of nitrogens with zero attached hydrogens (tertiary/aromatic N) is 2. The van der Waals surface area contributed by atoms with Crippen LogP contribution in [0.3, 0.4) is 0 Å². The molecule has 9 heteroatoms. The molecule has 1 aromatic carbocycles. The first-order valence-corrected chi connectivity index (χ1v) is 10.9. The third kappa shape index (κ3) is 5.68. The number of carbonyl (C=O) groups is 1. The maximum atomic E-state index is 12.6. The molecule has 1 fully saturated rings. The Bertz CT molecular complexity index is 895. The number of benzene rings is 1. The van der Waals surface area contributed by atoms with Crippen molar-refractivity contribution in [3.8, 4) is 11.5 Å². The average molecular weight is 420 g/mol. The van der Waals surface area contributed by atoms with Crippen molar-refractivity contribution in [3.05, 3.63) is 48.8 Å². The van der Waals surface area contributed by atoms with Crippen LogP contribution in [0.2, 0.25) is 0 Å². The Balaban J connectivity index is 1.40. The van der Waals surface area contributed by atoms with Gasteiger partial charge >= 0.3 is 0 Å². The van der Waals surface area contributed by atoms with Crippen molar-refractivity contribution in [2.24, 2.45) is 5.92 Å². The third-order valence-corrected chi connectivity index (χ3v) is 6.75. The third-order valence-electron chi connectivity index (χ3n) is 4.86. The first-order valence-electron chi connectivity index (χ1n) is 9.43. The van der Waals surface area contributed by atoms with Gasteiger partial charge in [-0.2, -0.15) is 4.31 Å². The fourth-order valence-corrected chi connectivity index (χ4v) is 4.57. The van der Waals surface area contributed by atoms with E-state index in [1.165, 1.54) is 10.5 Å². The molecule has 1 aliphatic heterocycles. The lowest BCUT2D eigenvalue weighted by Crippen LogP contribution is -2.42. The van der Waals surface area contributed by atoms with Gasteiger partial charge in [0.1, 0.15) is 16.4 Å². The molecule has 0 spiro atoms. The minimum absolute atomic E-state index is 0.0689. The molecule has 1 aromatic heterocycles. The number of rotatable bonds is 8. The number of piperidine rings is 1. The van der Waals surface area contributed by atoms with Crippen molar-refractivity contribution < 1.29 is 22.7 Å². The Hall–Kier alpha value is -2.65. The minimum Gasteiger partial charge on any atom is -0.497 e. The Morgan fingerprint density at radius 3 is 2.48 bits per heavy atom. The van der Waals surface area contributed by atoms with Crippen LogP contribution in [0, 0.1) is 5.92 Å². The van der Waals surface area contributed by atoms with Crippen LogP contribution < -0.4 is 14.8 Å². The number of sulfonamides is 1. The van der Waals surface area contributed by atoms with E-state index in [9.17, 15) is 13.2 Å². The number of nitrogens with one attached hydrogen (secondary N) is 1. The number of hydrogen-bond donors (Lipinski definition) is 1. The summed E-state index contributed by atoms with van der Waals surface area (Å²) in [6, 6.07) is 10.2. The molecule has 0 radical (unpaired) electrons. The fourth-order valence-electron chi connectivity index (χ4n) is 3.13. The van der Waals surface area contributed by atoms with Crippen LogP contribution in [0.4, 0.5) is 0 Å². The Kier molecular flexibility index (Phi) is 7.05. The fraction of sp³-hybridized carbons (Fsp3) is 0.400. The zero-order chi connectivity index (χ0) is 20.7. The molecule has 2 heterocycles. The maximum absolute atomic E-state index is 12.6. The number of carbonyl (C=O) groups excluding carboxylic acids is 1. The maximum Gasteiger partial charge on any atom is 0.257 e. The van der Waals surface area contributed by atoms with Gasteiger partial charge < -0.3 is 14.8 Å². The van der Waals surface area contributed by atoms with Crippen LogP contribution in [0.1, 0.15) is 12.8 Å². The van der Waals surface area contributed by atoms with Crippen molar-refractivity contribution in [2.45, 2.75) is 17.7 Å². The van der Waals surface area contributed by atoms with Crippen molar-refractivity contribution in [1.82, 2.24) is 14.6 Å². The van der Waals surface area contributed by atoms with Crippen LogP contribution in [-0.2, 0) is 14.8 Å². The number of pyridine rings is 1. The molecule has 0 unspecified atom stereocenters. The van der Waals surface area contributed by atoms with E-state index in [0.29, 0.717) is 38.2 Å². The highest BCUT2D eigenvalue weighted by molar-refractivity contribution is 7.89. The van der Waals surface area contributed by atoms with Gasteiger partial charge in [-0.15, -0.1) is 0 Å². The van der Waals surface area contributed by atoms with Gasteiger partial charge in [-0.3, -0.25) is 9.78 Å². The second-order valence-electron chi connectivity index (χ2n) is 6.80. The Morgan fingerprint density at radius 1 is 1.17 bits per heavy atom. The molecule has 8 nitrogen and oxygen atoms in total. The van der Waals surface area contributed by atoms with Gasteiger partial charge in [-0.25, -0.2) is 8.42 Å². The number of ether oxygens (including phenoxy) is 2. The van der Waals surface area contributed by atoms with E-state index in [4.69, 9.17) is 9.47 Å². The van der Waals surface area contributed by atoms with Crippen LogP contribution in [0.15, 0.2) is 53.7 Å². The highest BCUT2D eigenvalue weighted by Crippen LogP contribution is 2.23. The number of aromatic nitrogens is 1. The molecule has 0 bridgehead atoms. The summed E-state index contributed by atoms with van der Waals surface area (Å²) in [7, 11) is -1.92. The lowest BCUT2D eigenvalue weighted by Gasteiger charge is -2.31. The van der Waals surface area contributed by atoms with Crippen LogP contribution in [0.5, 0.6) is 11.5 Å². The largest absolute Gasteiger partial charge is 0.497 e. The van der Waals surface area contributed by atoms with Gasteiger partial charge in [0.05, 0.1) is 7.11 Å². The van der Waals surface area contributed by atoms with Crippen molar-refractivity contribution in [3.63, 3.8) is 0 Å². The molecular weight excluding hydrogens is 394 g/mol. The summed E-state index contributed by atoms with van der Waals surface area (Å²) in [6.45, 7) is 1.30. The minimum atomic E-state index is -3.51. The van der Waals surface area contributed by atoms with Gasteiger partial charge in [0, 0.05) is 32.0 Å². The molecule has 1 N–H and O–H groups in total. The molecule has 29 heavy (non-hydrogen) atoms. The molecule has 1 saturated heterocycles. The molecule has 0 saturated carbocycles. The molecular formula is C20H25N3O5S. The number of hydrogen-bond acceptors (Lipinski definition) is 6. The predicted octanol–water partition coefficient (Wildman–Crippen LogP) is 1.69. The van der Waals surface area contributed by atoms with Crippen LogP contribution in [-0.4, -0.2) is 57.0 Å². The van der Waals surface area contributed by atoms with Crippen molar-refractivity contribution in [2.75, 3.05) is 33.4 Å². The lowest BCUT2D eigenvalue weighted by molar-refractivity contribution is -0.123. The Morgan fingerprint density at radius 2 is 1.86 bits per heavy atom. The standard InChI is InChI=1S/C20H25N3O5S/c1-27-17-4-6-18(7-5-17)28-15-20(24)22-13-16-8-11-23(12-9-16)29(25,26)19-3-2-10-21-14-19/h2-7,10,14,16H,8-9,11-13,15H2,1H3,(H,22,24). The van der Waals surface area contributed by atoms with E-state index in [0.717, 1.165) is 5.75 Å². The zero-order valence-electron chi connectivity index (χ0n) is 16.3. The van der Waals surface area contributed by atoms with E-state index in [2.05, 4.69) is 10.3 Å². The molecule has 1 amide bonds. The van der Waals surface area contributed by atoms with Crippen molar-refractivity contribution in [1.29, 1.82) is 0 Å². The van der Waals surface area contributed by atoms with Crippen molar-refractivity contribution >= 4 is 15.9 Å².